The highest BCUT2D eigenvalue weighted by atomic mass is 16.7. The Morgan fingerprint density at radius 1 is 1.10 bits per heavy atom. The number of aromatic amines is 1. The minimum Gasteiger partial charge on any atom is -0.477 e. The normalized spacial score (nSPS) is 16.4. The van der Waals surface area contributed by atoms with Crippen LogP contribution < -0.4 is 5.56 Å². The molecule has 11 heteroatoms. The number of nitrogens with zero attached hydrogens (tertiary/aromatic N) is 6. The second-order valence-corrected chi connectivity index (χ2v) is 10.6. The van der Waals surface area contributed by atoms with Gasteiger partial charge in [-0.25, -0.2) is 9.78 Å². The minimum absolute atomic E-state index is 0.0496. The summed E-state index contributed by atoms with van der Waals surface area (Å²) in [7, 11) is 0. The van der Waals surface area contributed by atoms with E-state index in [1.54, 1.807) is 23.6 Å². The summed E-state index contributed by atoms with van der Waals surface area (Å²) in [5.41, 5.74) is 3.88. The van der Waals surface area contributed by atoms with E-state index in [0.717, 1.165) is 40.9 Å². The largest absolute Gasteiger partial charge is 0.477 e. The number of rotatable bonds is 9. The van der Waals surface area contributed by atoms with Gasteiger partial charge in [-0.05, 0) is 52.9 Å². The number of carboxylic acid groups (broad SMARTS) is 1. The summed E-state index contributed by atoms with van der Waals surface area (Å²) in [6.07, 6.45) is 2.66. The predicted octanol–water partition coefficient (Wildman–Crippen LogP) is 4.71. The molecule has 0 saturated heterocycles. The number of aryl methyl sites for hydroxylation is 1. The molecule has 1 aliphatic rings. The summed E-state index contributed by atoms with van der Waals surface area (Å²) in [4.78, 5) is 35.8. The highest BCUT2D eigenvalue weighted by Gasteiger charge is 2.39. The molecule has 0 bridgehead atoms. The first kappa shape index (κ1) is 27.0. The summed E-state index contributed by atoms with van der Waals surface area (Å²) in [6, 6.07) is 21.3. The number of aromatic nitrogens is 6. The maximum absolute atomic E-state index is 14.0. The van der Waals surface area contributed by atoms with Gasteiger partial charge < -0.3 is 9.94 Å². The number of unbranched alkanes of at least 4 members (excludes halogenated alkanes) is 1. The second-order valence-electron chi connectivity index (χ2n) is 10.6. The van der Waals surface area contributed by atoms with Crippen LogP contribution in [0, 0.1) is 0 Å². The lowest BCUT2D eigenvalue weighted by atomic mass is 9.90. The van der Waals surface area contributed by atoms with Crippen LogP contribution >= 0.6 is 0 Å². The van der Waals surface area contributed by atoms with Crippen molar-refractivity contribution >= 4 is 22.6 Å². The van der Waals surface area contributed by atoms with E-state index in [1.165, 1.54) is 0 Å². The molecule has 6 rings (SSSR count). The van der Waals surface area contributed by atoms with Crippen LogP contribution in [0.3, 0.4) is 0 Å². The van der Waals surface area contributed by atoms with Gasteiger partial charge in [0.1, 0.15) is 5.82 Å². The Hall–Kier alpha value is -5.19. The number of hydrogen-bond acceptors (Lipinski definition) is 8. The van der Waals surface area contributed by atoms with E-state index in [-0.39, 0.29) is 17.7 Å². The van der Waals surface area contributed by atoms with Crippen molar-refractivity contribution in [1.82, 2.24) is 30.2 Å². The first-order valence-corrected chi connectivity index (χ1v) is 13.8. The number of hydrogen-bond donors (Lipinski definition) is 2. The van der Waals surface area contributed by atoms with E-state index < -0.39 is 11.6 Å². The summed E-state index contributed by atoms with van der Waals surface area (Å²) >= 11 is 0. The lowest BCUT2D eigenvalue weighted by Crippen LogP contribution is -2.28. The first-order valence-electron chi connectivity index (χ1n) is 13.8. The standard InChI is InChI=1S/C31H29N7O4/c1-3-4-9-27-32-25-15-14-21(31(2)17-26(30(40)41)35-42-31)16-24(25)29(39)38(27)18-19-10-12-20(13-11-19)22-7-5-6-8-23(22)28-33-36-37-34-28/h5-8,10-16H,3-4,9,17-18H2,1-2H3,(H,40,41)(H,33,34,36,37). The molecule has 2 N–H and O–H groups in total. The number of carbonyl (C=O) groups is 1. The van der Waals surface area contributed by atoms with E-state index in [9.17, 15) is 14.7 Å². The highest BCUT2D eigenvalue weighted by molar-refractivity contribution is 6.36. The number of benzene rings is 3. The number of carboxylic acids is 1. The predicted molar refractivity (Wildman–Crippen MR) is 157 cm³/mol. The van der Waals surface area contributed by atoms with Gasteiger partial charge in [0.25, 0.3) is 5.56 Å². The summed E-state index contributed by atoms with van der Waals surface area (Å²) < 4.78 is 1.74. The van der Waals surface area contributed by atoms with Gasteiger partial charge in [0, 0.05) is 18.4 Å². The zero-order valence-electron chi connectivity index (χ0n) is 23.2. The van der Waals surface area contributed by atoms with Gasteiger partial charge in [0.15, 0.2) is 11.3 Å². The Morgan fingerprint density at radius 3 is 2.57 bits per heavy atom. The topological polar surface area (TPSA) is 148 Å². The average Bonchev–Trinajstić information content (AvgIpc) is 3.69. The van der Waals surface area contributed by atoms with Crippen molar-refractivity contribution < 1.29 is 14.7 Å². The lowest BCUT2D eigenvalue weighted by Gasteiger charge is -2.22. The summed E-state index contributed by atoms with van der Waals surface area (Å²) in [5, 5.41) is 28.0. The molecule has 0 saturated carbocycles. The zero-order chi connectivity index (χ0) is 29.3. The fourth-order valence-corrected chi connectivity index (χ4v) is 5.27. The lowest BCUT2D eigenvalue weighted by molar-refractivity contribution is -0.129. The van der Waals surface area contributed by atoms with Crippen molar-refractivity contribution in [3.05, 3.63) is 94.0 Å². The third kappa shape index (κ3) is 5.05. The Balaban J connectivity index is 1.35. The number of fused-ring (bicyclic) bond motifs is 1. The third-order valence-corrected chi connectivity index (χ3v) is 7.63. The Labute approximate surface area is 240 Å². The molecule has 1 atom stereocenters. The summed E-state index contributed by atoms with van der Waals surface area (Å²) in [6.45, 7) is 4.24. The number of H-pyrrole nitrogens is 1. The van der Waals surface area contributed by atoms with Gasteiger partial charge in [-0.1, -0.05) is 73.1 Å². The molecule has 0 spiro atoms. The molecule has 0 fully saturated rings. The SMILES string of the molecule is CCCCc1nc2ccc(C3(C)CC(C(=O)O)=NO3)cc2c(=O)n1Cc1ccc(-c2ccccc2-c2nn[nH]n2)cc1. The van der Waals surface area contributed by atoms with E-state index in [1.807, 2.05) is 54.6 Å². The first-order chi connectivity index (χ1) is 20.4. The molecule has 11 nitrogen and oxygen atoms in total. The minimum atomic E-state index is -1.12. The van der Waals surface area contributed by atoms with Crippen LogP contribution in [0.25, 0.3) is 33.4 Å². The average molecular weight is 564 g/mol. The molecule has 3 aromatic carbocycles. The number of oxime groups is 1. The maximum Gasteiger partial charge on any atom is 0.353 e. The van der Waals surface area contributed by atoms with Crippen LogP contribution in [0.15, 0.2) is 76.7 Å². The monoisotopic (exact) mass is 563 g/mol. The van der Waals surface area contributed by atoms with Crippen LogP contribution in [0.5, 0.6) is 0 Å². The van der Waals surface area contributed by atoms with Crippen molar-refractivity contribution in [3.63, 3.8) is 0 Å². The molecule has 212 valence electrons. The van der Waals surface area contributed by atoms with Gasteiger partial charge in [-0.3, -0.25) is 9.36 Å². The molecular formula is C31H29N7O4. The second kappa shape index (κ2) is 11.0. The molecule has 42 heavy (non-hydrogen) atoms. The van der Waals surface area contributed by atoms with E-state index in [2.05, 4.69) is 32.7 Å². The van der Waals surface area contributed by atoms with Crippen LogP contribution in [0.4, 0.5) is 0 Å². The molecule has 1 unspecified atom stereocenters. The van der Waals surface area contributed by atoms with E-state index >= 15 is 0 Å². The molecule has 0 amide bonds. The Morgan fingerprint density at radius 2 is 1.88 bits per heavy atom. The molecule has 0 aliphatic carbocycles. The fourth-order valence-electron chi connectivity index (χ4n) is 5.27. The van der Waals surface area contributed by atoms with E-state index in [4.69, 9.17) is 9.82 Å². The van der Waals surface area contributed by atoms with Crippen molar-refractivity contribution in [2.45, 2.75) is 51.7 Å². The van der Waals surface area contributed by atoms with Gasteiger partial charge in [0.2, 0.25) is 5.82 Å². The molecular weight excluding hydrogens is 534 g/mol. The van der Waals surface area contributed by atoms with Gasteiger partial charge >= 0.3 is 5.97 Å². The van der Waals surface area contributed by atoms with Crippen LogP contribution in [-0.4, -0.2) is 47.0 Å². The Kier molecular flexibility index (Phi) is 7.07. The quantitative estimate of drug-likeness (QED) is 0.262. The number of aliphatic carboxylic acids is 1. The molecule has 1 aliphatic heterocycles. The van der Waals surface area contributed by atoms with Crippen molar-refractivity contribution in [3.8, 4) is 22.5 Å². The molecule has 2 aromatic heterocycles. The highest BCUT2D eigenvalue weighted by Crippen LogP contribution is 2.35. The maximum atomic E-state index is 14.0. The number of nitrogens with one attached hydrogen (secondary N) is 1. The van der Waals surface area contributed by atoms with E-state index in [0.29, 0.717) is 35.3 Å². The summed E-state index contributed by atoms with van der Waals surface area (Å²) in [5.74, 6) is 0.132. The van der Waals surface area contributed by atoms with Gasteiger partial charge in [-0.15, -0.1) is 10.2 Å². The molecule has 0 radical (unpaired) electrons. The molecule has 3 heterocycles. The van der Waals surface area contributed by atoms with Crippen LogP contribution in [0.1, 0.15) is 50.1 Å². The van der Waals surface area contributed by atoms with Gasteiger partial charge in [0.05, 0.1) is 17.4 Å². The van der Waals surface area contributed by atoms with Crippen LogP contribution in [0.2, 0.25) is 0 Å². The van der Waals surface area contributed by atoms with Crippen molar-refractivity contribution in [2.24, 2.45) is 5.16 Å². The number of tetrazole rings is 1. The van der Waals surface area contributed by atoms with Crippen molar-refractivity contribution in [1.29, 1.82) is 0 Å². The third-order valence-electron chi connectivity index (χ3n) is 7.63. The fraction of sp³-hybridized carbons (Fsp3) is 0.258. The van der Waals surface area contributed by atoms with Gasteiger partial charge in [-0.2, -0.15) is 5.21 Å². The zero-order valence-corrected chi connectivity index (χ0v) is 23.2. The van der Waals surface area contributed by atoms with Crippen molar-refractivity contribution in [2.75, 3.05) is 0 Å². The molecule has 5 aromatic rings. The smallest absolute Gasteiger partial charge is 0.353 e. The van der Waals surface area contributed by atoms with Crippen LogP contribution in [-0.2, 0) is 28.2 Å². The Bertz CT molecular complexity index is 1860.